The first-order valence-electron chi connectivity index (χ1n) is 12.4. The number of H-pyrrole nitrogens is 1. The van der Waals surface area contributed by atoms with Gasteiger partial charge in [-0.1, -0.05) is 30.3 Å². The van der Waals surface area contributed by atoms with Gasteiger partial charge in [-0.2, -0.15) is 5.10 Å². The molecule has 1 aliphatic rings. The molecule has 37 heavy (non-hydrogen) atoms. The topological polar surface area (TPSA) is 99.3 Å². The van der Waals surface area contributed by atoms with Gasteiger partial charge < -0.3 is 20.3 Å². The maximum absolute atomic E-state index is 13.0. The highest BCUT2D eigenvalue weighted by molar-refractivity contribution is 7.20. The fourth-order valence-corrected chi connectivity index (χ4v) is 5.35. The normalized spacial score (nSPS) is 15.0. The fraction of sp³-hybridized carbons (Fsp3) is 0.321. The average Bonchev–Trinajstić information content (AvgIpc) is 3.48. The number of hydrogen-bond acceptors (Lipinski definition) is 6. The number of nitrogens with zero attached hydrogens (tertiary/aromatic N) is 2. The Hall–Kier alpha value is -3.69. The van der Waals surface area contributed by atoms with Crippen LogP contribution in [0.4, 0.5) is 5.82 Å². The zero-order valence-corrected chi connectivity index (χ0v) is 22.0. The molecule has 0 radical (unpaired) electrons. The molecule has 0 aliphatic carbocycles. The zero-order chi connectivity index (χ0) is 26.0. The van der Waals surface area contributed by atoms with Gasteiger partial charge in [0.05, 0.1) is 15.8 Å². The maximum Gasteiger partial charge on any atom is 0.262 e. The zero-order valence-electron chi connectivity index (χ0n) is 21.2. The minimum atomic E-state index is -0.536. The van der Waals surface area contributed by atoms with E-state index in [1.807, 2.05) is 56.3 Å². The Morgan fingerprint density at radius 2 is 1.76 bits per heavy atom. The van der Waals surface area contributed by atoms with Gasteiger partial charge >= 0.3 is 0 Å². The first-order chi connectivity index (χ1) is 17.8. The SMILES string of the molecule is CN1CCC(Oc2ccc(C(=O)Nc3[nH]nc4sc(C(=O)NC(C)(C)c5ccccc5)cc34)cc2)CC1. The molecule has 5 rings (SSSR count). The number of likely N-dealkylation sites (tertiary alicyclic amines) is 1. The van der Waals surface area contributed by atoms with E-state index in [0.717, 1.165) is 37.2 Å². The highest BCUT2D eigenvalue weighted by atomic mass is 32.1. The Labute approximate surface area is 220 Å². The first kappa shape index (κ1) is 25.0. The third kappa shape index (κ3) is 5.68. The van der Waals surface area contributed by atoms with Crippen LogP contribution in [-0.4, -0.2) is 53.2 Å². The third-order valence-corrected chi connectivity index (χ3v) is 7.75. The standard InChI is InChI=1S/C28H31N5O3S/c1-28(2,19-7-5-4-6-8-19)30-26(35)23-17-22-24(31-32-27(22)37-23)29-25(34)18-9-11-20(12-10-18)36-21-13-15-33(3)16-14-21/h4-12,17,21H,13-16H2,1-3H3,(H,30,35)(H2,29,31,32,34). The lowest BCUT2D eigenvalue weighted by Crippen LogP contribution is -2.40. The van der Waals surface area contributed by atoms with Gasteiger partial charge in [0, 0.05) is 18.7 Å². The van der Waals surface area contributed by atoms with Crippen molar-refractivity contribution < 1.29 is 14.3 Å². The van der Waals surface area contributed by atoms with E-state index < -0.39 is 5.54 Å². The van der Waals surface area contributed by atoms with Crippen molar-refractivity contribution in [2.75, 3.05) is 25.5 Å². The summed E-state index contributed by atoms with van der Waals surface area (Å²) in [4.78, 5) is 29.4. The molecule has 1 saturated heterocycles. The minimum Gasteiger partial charge on any atom is -0.490 e. The smallest absolute Gasteiger partial charge is 0.262 e. The number of rotatable bonds is 7. The van der Waals surface area contributed by atoms with Crippen LogP contribution < -0.4 is 15.4 Å². The van der Waals surface area contributed by atoms with Crippen LogP contribution in [0.2, 0.25) is 0 Å². The monoisotopic (exact) mass is 517 g/mol. The Bertz CT molecular complexity index is 1390. The highest BCUT2D eigenvalue weighted by Gasteiger charge is 2.25. The lowest BCUT2D eigenvalue weighted by molar-refractivity contribution is 0.0915. The van der Waals surface area contributed by atoms with Gasteiger partial charge in [-0.15, -0.1) is 11.3 Å². The summed E-state index contributed by atoms with van der Waals surface area (Å²) in [5, 5.41) is 13.8. The van der Waals surface area contributed by atoms with Crippen LogP contribution in [0.25, 0.3) is 10.2 Å². The number of aromatic amines is 1. The number of ether oxygens (including phenoxy) is 1. The van der Waals surface area contributed by atoms with Gasteiger partial charge in [0.2, 0.25) is 0 Å². The number of nitrogens with one attached hydrogen (secondary N) is 3. The molecular formula is C28H31N5O3S. The fourth-order valence-electron chi connectivity index (χ4n) is 4.46. The number of hydrogen-bond donors (Lipinski definition) is 3. The van der Waals surface area contributed by atoms with Crippen molar-refractivity contribution in [3.05, 3.63) is 76.7 Å². The Morgan fingerprint density at radius 1 is 1.05 bits per heavy atom. The largest absolute Gasteiger partial charge is 0.490 e. The molecule has 0 bridgehead atoms. The van der Waals surface area contributed by atoms with Crippen molar-refractivity contribution in [2.45, 2.75) is 38.3 Å². The van der Waals surface area contributed by atoms with Gasteiger partial charge in [-0.05, 0) is 69.6 Å². The molecule has 0 spiro atoms. The quantitative estimate of drug-likeness (QED) is 0.320. The molecule has 1 fully saturated rings. The summed E-state index contributed by atoms with van der Waals surface area (Å²) in [5.41, 5.74) is 0.990. The summed E-state index contributed by atoms with van der Waals surface area (Å²) in [5.74, 6) is 0.777. The van der Waals surface area contributed by atoms with E-state index >= 15 is 0 Å². The van der Waals surface area contributed by atoms with Crippen molar-refractivity contribution in [1.82, 2.24) is 20.4 Å². The predicted octanol–water partition coefficient (Wildman–Crippen LogP) is 5.01. The second-order valence-corrected chi connectivity index (χ2v) is 11.0. The molecule has 2 aromatic heterocycles. The van der Waals surface area contributed by atoms with Gasteiger partial charge in [0.15, 0.2) is 0 Å². The number of anilines is 1. The Morgan fingerprint density at radius 3 is 2.46 bits per heavy atom. The van der Waals surface area contributed by atoms with E-state index in [9.17, 15) is 9.59 Å². The van der Waals surface area contributed by atoms with Crippen LogP contribution in [0.1, 0.15) is 52.3 Å². The van der Waals surface area contributed by atoms with Crippen LogP contribution in [-0.2, 0) is 5.54 Å². The van der Waals surface area contributed by atoms with Crippen LogP contribution in [0.5, 0.6) is 5.75 Å². The van der Waals surface area contributed by atoms with Crippen molar-refractivity contribution in [3.8, 4) is 5.75 Å². The average molecular weight is 518 g/mol. The molecule has 8 nitrogen and oxygen atoms in total. The van der Waals surface area contributed by atoms with E-state index in [1.54, 1.807) is 18.2 Å². The van der Waals surface area contributed by atoms with Gasteiger partial charge in [-0.25, -0.2) is 0 Å². The van der Waals surface area contributed by atoms with Crippen LogP contribution in [0, 0.1) is 0 Å². The second-order valence-electron chi connectivity index (χ2n) is 9.97. The van der Waals surface area contributed by atoms with E-state index in [2.05, 4.69) is 32.8 Å². The van der Waals surface area contributed by atoms with Crippen molar-refractivity contribution in [3.63, 3.8) is 0 Å². The van der Waals surface area contributed by atoms with E-state index in [4.69, 9.17) is 4.74 Å². The summed E-state index contributed by atoms with van der Waals surface area (Å²) in [7, 11) is 2.12. The summed E-state index contributed by atoms with van der Waals surface area (Å²) in [6.07, 6.45) is 2.20. The molecule has 0 unspecified atom stereocenters. The minimum absolute atomic E-state index is 0.186. The lowest BCUT2D eigenvalue weighted by atomic mass is 9.94. The number of carbonyl (C=O) groups excluding carboxylic acids is 2. The summed E-state index contributed by atoms with van der Waals surface area (Å²) in [6.45, 7) is 5.99. The molecule has 4 aromatic rings. The third-order valence-electron chi connectivity index (χ3n) is 6.72. The van der Waals surface area contributed by atoms with E-state index in [1.165, 1.54) is 11.3 Å². The van der Waals surface area contributed by atoms with Gasteiger partial charge in [0.25, 0.3) is 11.8 Å². The molecule has 0 saturated carbocycles. The number of amides is 2. The molecule has 192 valence electrons. The highest BCUT2D eigenvalue weighted by Crippen LogP contribution is 2.31. The molecule has 3 heterocycles. The first-order valence-corrected chi connectivity index (χ1v) is 13.2. The molecule has 2 aromatic carbocycles. The van der Waals surface area contributed by atoms with Gasteiger partial charge in [-0.3, -0.25) is 14.7 Å². The molecular weight excluding hydrogens is 486 g/mol. The maximum atomic E-state index is 13.0. The van der Waals surface area contributed by atoms with Gasteiger partial charge in [0.1, 0.15) is 22.5 Å². The summed E-state index contributed by atoms with van der Waals surface area (Å²) in [6, 6.07) is 18.8. The number of benzene rings is 2. The van der Waals surface area contributed by atoms with Crippen LogP contribution >= 0.6 is 11.3 Å². The van der Waals surface area contributed by atoms with E-state index in [-0.39, 0.29) is 17.9 Å². The predicted molar refractivity (Wildman–Crippen MR) is 146 cm³/mol. The molecule has 2 amide bonds. The molecule has 3 N–H and O–H groups in total. The van der Waals surface area contributed by atoms with Crippen LogP contribution in [0.15, 0.2) is 60.7 Å². The summed E-state index contributed by atoms with van der Waals surface area (Å²) < 4.78 is 6.08. The summed E-state index contributed by atoms with van der Waals surface area (Å²) >= 11 is 1.28. The van der Waals surface area contributed by atoms with Crippen molar-refractivity contribution in [1.29, 1.82) is 0 Å². The van der Waals surface area contributed by atoms with Crippen molar-refractivity contribution in [2.24, 2.45) is 0 Å². The molecule has 9 heteroatoms. The van der Waals surface area contributed by atoms with E-state index in [0.29, 0.717) is 26.5 Å². The number of carbonyl (C=O) groups is 2. The molecule has 0 atom stereocenters. The number of aromatic nitrogens is 2. The number of fused-ring (bicyclic) bond motifs is 1. The number of piperidine rings is 1. The Kier molecular flexibility index (Phi) is 6.99. The second kappa shape index (κ2) is 10.4. The number of thiophene rings is 1. The molecule has 1 aliphatic heterocycles. The van der Waals surface area contributed by atoms with Crippen LogP contribution in [0.3, 0.4) is 0 Å². The lowest BCUT2D eigenvalue weighted by Gasteiger charge is -2.29. The van der Waals surface area contributed by atoms with Crippen molar-refractivity contribution >= 4 is 39.2 Å². The Balaban J connectivity index is 1.23.